The van der Waals surface area contributed by atoms with Crippen LogP contribution in [0.2, 0.25) is 2.82 Å². The fourth-order valence-electron chi connectivity index (χ4n) is 9.17. The molecule has 2 heterocycles. The van der Waals surface area contributed by atoms with Gasteiger partial charge in [0.15, 0.2) is 10.1 Å². The third kappa shape index (κ3) is 47.4. The molecule has 0 spiro atoms. The van der Waals surface area contributed by atoms with Crippen LogP contribution in [0.25, 0.3) is 0 Å². The van der Waals surface area contributed by atoms with E-state index in [1.54, 1.807) is 41.5 Å². The van der Waals surface area contributed by atoms with E-state index in [1.807, 2.05) is 0 Å². The van der Waals surface area contributed by atoms with E-state index in [1.165, 1.54) is 32.1 Å². The van der Waals surface area contributed by atoms with Crippen molar-refractivity contribution in [3.63, 3.8) is 0 Å². The van der Waals surface area contributed by atoms with E-state index in [2.05, 4.69) is 0 Å². The molecule has 68 nitrogen and oxygen atoms in total. The summed E-state index contributed by atoms with van der Waals surface area (Å²) in [6, 6.07) is 1.41. The second kappa shape index (κ2) is 53.2. The summed E-state index contributed by atoms with van der Waals surface area (Å²) in [4.78, 5) is 219. The second-order valence-electron chi connectivity index (χ2n) is 25.3. The van der Waals surface area contributed by atoms with Crippen LogP contribution in [0.1, 0.15) is 132 Å². The van der Waals surface area contributed by atoms with Crippen molar-refractivity contribution in [2.24, 2.45) is 11.3 Å². The highest BCUT2D eigenvalue weighted by molar-refractivity contribution is 5.60. The van der Waals surface area contributed by atoms with Gasteiger partial charge in [-0.15, -0.1) is 0 Å². The summed E-state index contributed by atoms with van der Waals surface area (Å²) in [5.41, 5.74) is -3.38. The Morgan fingerprint density at radius 1 is 0.395 bits per heavy atom. The Morgan fingerprint density at radius 2 is 0.630 bits per heavy atom. The molecule has 674 valence electrons. The molecule has 5 rings (SSSR count). The molecule has 68 heteroatoms. The second-order valence-corrected chi connectivity index (χ2v) is 25.3. The van der Waals surface area contributed by atoms with Gasteiger partial charge in [0.05, 0.1) is 62.1 Å². The van der Waals surface area contributed by atoms with E-state index in [0.29, 0.717) is 27.7 Å². The lowest BCUT2D eigenvalue weighted by Crippen LogP contribution is -2.59. The summed E-state index contributed by atoms with van der Waals surface area (Å²) in [7, 11) is 0. The summed E-state index contributed by atoms with van der Waals surface area (Å²) in [6.45, 7) is 6.06. The standard InChI is InChI=1S/C9H16N4O8.C9H18O6.C7H5N3O6.C7H13N3O6.C7H6N2O4.C6H9N3O6.C4H10N8O8.2CH4.H3N/c14-10(15)5-1-9(2-6-11(16)17,3-7-12(18)19)4-8-13(20)21;1-7(2)10-12-8(3,4)14-15-9(5,6)13-11-7;1-4-6(9(13)14)2-5(8(11)12)3-7(4)10(15)16;11-8(12)4-1-7(2-5-9(13)14)3-6-10(15)16;1-5-2-3-6(8(10)11)4-7(5)9(12)13;10-7(11)4-1-5(8(12)13)3-6(2-4)9(14)15;13-9(14)5-1-6(10(15)16)3-8(12(19)20)4-7(2-5)11(17)18;;;/h1-8H2;1-6H3;2-3H,1H3;7H,1-6H2;2-4H,1H3;4-6H,1-3H2;1-4H2,(H,13,14)(H,15,16);2*1H4;1H3/q;;;;;;+2;;;/i/hT2. The number of nitrogens with zero attached hydrogens (tertiary/aromatic N) is 23. The van der Waals surface area contributed by atoms with Gasteiger partial charge in [0.25, 0.3) is 28.4 Å². The number of hydrazine groups is 4. The number of nitro groups is 17. The SMILES string of the molecule is C.C.CC1(C)OOC(C)(C)OOC(C)(C)OO1.Cc1c([N+](=O)[O-])cc([N+](=O)[O-])cc1[N+](=O)[O-].Cc1ccc([N+](=O)[O-])cc1[N+](=O)[O-].O=[N+]([O-])C1CC([N+](=O)[O-])CC([N+](=O)[O-])C1.O=[N+]([O-])CCC(CC[N+](=O)[O-])(CC[N+](=O)[O-])CC[N+](=O)[O-].O=[N+]([O-])CCC(CC[N+](=O)[O-])CC[N+](=O)[O-].O=[N+]([O-])N1CN([N+](=O)[O-])CN([N+](=O)O)CN([N+](=O)O)C1.[3H]N[3H]. The van der Waals surface area contributed by atoms with Crippen molar-refractivity contribution in [2.75, 3.05) is 72.5 Å². The molecular formula is C51H88N24O44+2. The Balaban J connectivity index is -0.000000431. The highest BCUT2D eigenvalue weighted by Crippen LogP contribution is 2.36. The maximum absolute atomic E-state index is 10.8. The van der Waals surface area contributed by atoms with Gasteiger partial charge in [-0.1, -0.05) is 24.9 Å². The number of hydrogen-bond donors (Lipinski definition) is 3. The minimum atomic E-state index is -1.18. The smallest absolute Gasteiger partial charge is 0.344 e. The topological polar surface area (TPSA) is 917 Å². The van der Waals surface area contributed by atoms with E-state index in [4.69, 9.17) is 42.6 Å². The number of nitro benzene ring substituents is 5. The molecule has 0 atom stereocenters. The summed E-state index contributed by atoms with van der Waals surface area (Å²) < 4.78 is 11.2. The quantitative estimate of drug-likeness (QED) is 0.0422. The lowest BCUT2D eigenvalue weighted by Gasteiger charge is -2.28. The average Bonchev–Trinajstić information content (AvgIpc) is 1.20. The van der Waals surface area contributed by atoms with Crippen LogP contribution >= 0.6 is 0 Å². The zero-order valence-electron chi connectivity index (χ0n) is 64.4. The van der Waals surface area contributed by atoms with E-state index in [9.17, 15) is 182 Å². The van der Waals surface area contributed by atoms with Gasteiger partial charge in [-0.05, 0) is 82.8 Å². The van der Waals surface area contributed by atoms with E-state index in [-0.39, 0.29) is 132 Å². The first kappa shape index (κ1) is 109. The number of benzene rings is 2. The Kier molecular flexibility index (Phi) is 48.8. The Morgan fingerprint density at radius 3 is 0.840 bits per heavy atom. The average molecular weight is 1750 g/mol. The Hall–Kier alpha value is -14.0. The monoisotopic (exact) mass is 1740 g/mol. The number of hydrogen-bond acceptors (Lipinski definition) is 43. The van der Waals surface area contributed by atoms with Gasteiger partial charge in [0.2, 0.25) is 108 Å². The normalized spacial score (nSPS) is 16.3. The van der Waals surface area contributed by atoms with Crippen molar-refractivity contribution in [3.05, 3.63) is 223 Å². The highest BCUT2D eigenvalue weighted by atomic mass is 17.4. The molecule has 5 N–H and O–H groups in total. The van der Waals surface area contributed by atoms with Gasteiger partial charge >= 0.3 is 10.1 Å². The Bertz CT molecular complexity index is 3560. The van der Waals surface area contributed by atoms with Gasteiger partial charge in [-0.3, -0.25) is 152 Å². The molecule has 2 aliphatic heterocycles. The van der Waals surface area contributed by atoms with Gasteiger partial charge in [0.1, 0.15) is 18.2 Å². The van der Waals surface area contributed by atoms with Crippen LogP contribution in [0.15, 0.2) is 30.3 Å². The van der Waals surface area contributed by atoms with Crippen LogP contribution in [0.3, 0.4) is 0 Å². The molecule has 2 saturated heterocycles. The van der Waals surface area contributed by atoms with Crippen molar-refractivity contribution in [1.82, 2.24) is 26.2 Å². The first-order chi connectivity index (χ1) is 54.6. The minimum absolute atomic E-state index is 0. The first-order valence-corrected chi connectivity index (χ1v) is 32.1. The summed E-state index contributed by atoms with van der Waals surface area (Å²) in [5, 5.41) is 192. The minimum Gasteiger partial charge on any atom is -0.344 e. The maximum Gasteiger partial charge on any atom is 0.361 e. The summed E-state index contributed by atoms with van der Waals surface area (Å²) in [6.07, 6.45) is 0.410. The molecule has 1 aliphatic carbocycles. The van der Waals surface area contributed by atoms with Crippen LogP contribution in [0.5, 0.6) is 0 Å². The molecule has 2 aromatic rings. The van der Waals surface area contributed by atoms with Crippen molar-refractivity contribution in [2.45, 2.75) is 170 Å². The van der Waals surface area contributed by atoms with Crippen LogP contribution in [-0.2, 0) is 29.3 Å². The summed E-state index contributed by atoms with van der Waals surface area (Å²) in [5.74, 6) is -3.48. The molecule has 0 bridgehead atoms. The predicted octanol–water partition coefficient (Wildman–Crippen LogP) is 5.95. The zero-order chi connectivity index (χ0) is 93.0. The van der Waals surface area contributed by atoms with Gasteiger partial charge in [0, 0.05) is 106 Å². The van der Waals surface area contributed by atoms with Crippen molar-refractivity contribution in [1.29, 1.82) is 0 Å². The lowest BCUT2D eigenvalue weighted by atomic mass is 9.75. The van der Waals surface area contributed by atoms with Crippen molar-refractivity contribution < 1.29 is 137 Å². The van der Waals surface area contributed by atoms with Crippen molar-refractivity contribution >= 4 is 28.4 Å². The molecule has 3 fully saturated rings. The Labute approximate surface area is 667 Å². The molecule has 0 amide bonds. The fraction of sp³-hybridized carbons (Fsp3) is 0.765. The van der Waals surface area contributed by atoms with E-state index >= 15 is 0 Å². The number of non-ortho nitro benzene ring substituents is 2. The maximum atomic E-state index is 10.8. The van der Waals surface area contributed by atoms with E-state index < -0.39 is 205 Å². The number of rotatable bonds is 33. The van der Waals surface area contributed by atoms with Crippen LogP contribution in [0.4, 0.5) is 28.4 Å². The van der Waals surface area contributed by atoms with Crippen LogP contribution in [0, 0.1) is 207 Å². The largest absolute Gasteiger partial charge is 0.361 e. The van der Waals surface area contributed by atoms with E-state index in [0.717, 1.165) is 6.07 Å². The molecule has 0 aromatic heterocycles. The first-order valence-electron chi connectivity index (χ1n) is 33.1. The molecule has 3 aliphatic rings. The lowest BCUT2D eigenvalue weighted by molar-refractivity contribution is -0.948. The van der Waals surface area contributed by atoms with Gasteiger partial charge < -0.3 is 6.14 Å². The third-order valence-electron chi connectivity index (χ3n) is 15.1. The molecular weight excluding hydrogens is 1650 g/mol. The molecule has 0 radical (unpaired) electrons. The fourth-order valence-corrected chi connectivity index (χ4v) is 9.17. The highest BCUT2D eigenvalue weighted by Gasteiger charge is 2.47. The molecule has 1 saturated carbocycles. The van der Waals surface area contributed by atoms with Gasteiger partial charge in [-0.2, -0.15) is 29.3 Å². The zero-order valence-corrected chi connectivity index (χ0v) is 62.4. The number of aryl methyl sites for hydroxylation is 1. The molecule has 2 aromatic carbocycles. The van der Waals surface area contributed by atoms with Crippen molar-refractivity contribution in [3.8, 4) is 0 Å². The third-order valence-corrected chi connectivity index (χ3v) is 15.1. The van der Waals surface area contributed by atoms with Crippen LogP contribution < -0.4 is 6.14 Å². The predicted molar refractivity (Wildman–Crippen MR) is 382 cm³/mol. The van der Waals surface area contributed by atoms with Crippen LogP contribution in [-0.4, -0.2) is 232 Å². The molecule has 119 heavy (non-hydrogen) atoms. The van der Waals surface area contributed by atoms with Gasteiger partial charge in [-0.25, -0.2) is 30.6 Å². The summed E-state index contributed by atoms with van der Waals surface area (Å²) >= 11 is 0. The molecule has 0 unspecified atom stereocenters.